The first-order valence-corrected chi connectivity index (χ1v) is 4.13. The Morgan fingerprint density at radius 3 is 2.67 bits per heavy atom. The van der Waals surface area contributed by atoms with Crippen LogP contribution in [0.2, 0.25) is 0 Å². The molecule has 1 N–H and O–H groups in total. The molecule has 1 aromatic rings. The molecule has 0 saturated carbocycles. The van der Waals surface area contributed by atoms with E-state index in [0.29, 0.717) is 6.04 Å². The molecule has 0 spiro atoms. The van der Waals surface area contributed by atoms with Gasteiger partial charge in [0.25, 0.3) is 0 Å². The Bertz CT molecular complexity index is 308. The van der Waals surface area contributed by atoms with Crippen LogP contribution in [-0.2, 0) is 4.79 Å². The summed E-state index contributed by atoms with van der Waals surface area (Å²) in [5, 5.41) is 3.20. The van der Waals surface area contributed by atoms with E-state index in [2.05, 4.69) is 18.3 Å². The van der Waals surface area contributed by atoms with E-state index in [9.17, 15) is 4.79 Å². The number of nitrogens with one attached hydrogen (secondary N) is 1. The van der Waals surface area contributed by atoms with Gasteiger partial charge in [0, 0.05) is 6.04 Å². The Morgan fingerprint density at radius 1 is 1.33 bits per heavy atom. The second-order valence-electron chi connectivity index (χ2n) is 3.13. The maximum Gasteiger partial charge on any atom is 0.141 e. The SMILES string of the molecule is CC1NC(C=O)c2ccccc21. The minimum Gasteiger partial charge on any atom is -0.301 e. The average Bonchev–Trinajstić information content (AvgIpc) is 2.44. The van der Waals surface area contributed by atoms with Crippen molar-refractivity contribution >= 4 is 6.29 Å². The van der Waals surface area contributed by atoms with E-state index < -0.39 is 0 Å². The molecule has 12 heavy (non-hydrogen) atoms. The van der Waals surface area contributed by atoms with E-state index in [1.807, 2.05) is 18.2 Å². The van der Waals surface area contributed by atoms with Gasteiger partial charge in [0.2, 0.25) is 0 Å². The highest BCUT2D eigenvalue weighted by Crippen LogP contribution is 2.30. The predicted octanol–water partition coefficient (Wildman–Crippen LogP) is 1.59. The Hall–Kier alpha value is -1.15. The zero-order chi connectivity index (χ0) is 8.55. The van der Waals surface area contributed by atoms with Crippen LogP contribution in [0.1, 0.15) is 30.1 Å². The molecule has 2 atom stereocenters. The summed E-state index contributed by atoms with van der Waals surface area (Å²) >= 11 is 0. The van der Waals surface area contributed by atoms with Gasteiger partial charge in [-0.15, -0.1) is 0 Å². The Morgan fingerprint density at radius 2 is 2.00 bits per heavy atom. The number of rotatable bonds is 1. The van der Waals surface area contributed by atoms with Crippen LogP contribution in [0, 0.1) is 0 Å². The second kappa shape index (κ2) is 2.72. The quantitative estimate of drug-likeness (QED) is 0.634. The van der Waals surface area contributed by atoms with Crippen molar-refractivity contribution in [1.29, 1.82) is 0 Å². The lowest BCUT2D eigenvalue weighted by atomic mass is 10.0. The molecule has 1 aliphatic heterocycles. The summed E-state index contributed by atoms with van der Waals surface area (Å²) in [7, 11) is 0. The van der Waals surface area contributed by atoms with Crippen LogP contribution in [-0.4, -0.2) is 6.29 Å². The van der Waals surface area contributed by atoms with E-state index in [-0.39, 0.29) is 6.04 Å². The van der Waals surface area contributed by atoms with E-state index in [1.165, 1.54) is 5.56 Å². The first-order chi connectivity index (χ1) is 5.83. The average molecular weight is 161 g/mol. The number of hydrogen-bond donors (Lipinski definition) is 1. The van der Waals surface area contributed by atoms with Crippen LogP contribution < -0.4 is 5.32 Å². The fourth-order valence-corrected chi connectivity index (χ4v) is 1.75. The van der Waals surface area contributed by atoms with E-state index in [1.54, 1.807) is 0 Å². The molecule has 0 fully saturated rings. The lowest BCUT2D eigenvalue weighted by Crippen LogP contribution is -2.15. The van der Waals surface area contributed by atoms with Crippen molar-refractivity contribution in [1.82, 2.24) is 5.32 Å². The smallest absolute Gasteiger partial charge is 0.141 e. The van der Waals surface area contributed by atoms with Gasteiger partial charge in [-0.3, -0.25) is 5.32 Å². The fraction of sp³-hybridized carbons (Fsp3) is 0.300. The molecule has 0 aromatic heterocycles. The largest absolute Gasteiger partial charge is 0.301 e. The minimum atomic E-state index is -0.101. The molecule has 0 aliphatic carbocycles. The van der Waals surface area contributed by atoms with Crippen LogP contribution in [0.4, 0.5) is 0 Å². The summed E-state index contributed by atoms with van der Waals surface area (Å²) in [6, 6.07) is 8.24. The van der Waals surface area contributed by atoms with Crippen molar-refractivity contribution in [3.63, 3.8) is 0 Å². The number of fused-ring (bicyclic) bond motifs is 1. The molecule has 2 unspecified atom stereocenters. The molecular formula is C10H11NO. The molecule has 2 rings (SSSR count). The van der Waals surface area contributed by atoms with Gasteiger partial charge in [0.1, 0.15) is 6.29 Å². The third-order valence-corrected chi connectivity index (χ3v) is 2.36. The number of carbonyl (C=O) groups is 1. The van der Waals surface area contributed by atoms with E-state index in [0.717, 1.165) is 11.8 Å². The van der Waals surface area contributed by atoms with Crippen molar-refractivity contribution in [2.24, 2.45) is 0 Å². The van der Waals surface area contributed by atoms with E-state index >= 15 is 0 Å². The lowest BCUT2D eigenvalue weighted by Gasteiger charge is -2.03. The van der Waals surface area contributed by atoms with Gasteiger partial charge in [0.05, 0.1) is 6.04 Å². The Labute approximate surface area is 71.6 Å². The highest BCUT2D eigenvalue weighted by molar-refractivity contribution is 5.65. The molecule has 0 radical (unpaired) electrons. The van der Waals surface area contributed by atoms with Crippen LogP contribution in [0.25, 0.3) is 0 Å². The van der Waals surface area contributed by atoms with Crippen molar-refractivity contribution in [2.75, 3.05) is 0 Å². The van der Waals surface area contributed by atoms with Crippen LogP contribution in [0.15, 0.2) is 24.3 Å². The molecule has 2 nitrogen and oxygen atoms in total. The minimum absolute atomic E-state index is 0.101. The van der Waals surface area contributed by atoms with Gasteiger partial charge in [-0.1, -0.05) is 24.3 Å². The summed E-state index contributed by atoms with van der Waals surface area (Å²) < 4.78 is 0. The first-order valence-electron chi connectivity index (χ1n) is 4.13. The van der Waals surface area contributed by atoms with Crippen LogP contribution >= 0.6 is 0 Å². The van der Waals surface area contributed by atoms with Gasteiger partial charge in [0.15, 0.2) is 0 Å². The Kier molecular flexibility index (Phi) is 1.70. The molecule has 0 saturated heterocycles. The predicted molar refractivity (Wildman–Crippen MR) is 46.8 cm³/mol. The zero-order valence-electron chi connectivity index (χ0n) is 6.95. The maximum absolute atomic E-state index is 10.7. The third kappa shape index (κ3) is 0.959. The molecule has 1 heterocycles. The van der Waals surface area contributed by atoms with E-state index in [4.69, 9.17) is 0 Å². The normalized spacial score (nSPS) is 26.8. The second-order valence-corrected chi connectivity index (χ2v) is 3.13. The number of hydrogen-bond acceptors (Lipinski definition) is 2. The highest BCUT2D eigenvalue weighted by atomic mass is 16.1. The molecule has 2 heteroatoms. The van der Waals surface area contributed by atoms with Gasteiger partial charge in [-0.05, 0) is 18.1 Å². The van der Waals surface area contributed by atoms with Gasteiger partial charge < -0.3 is 4.79 Å². The molecule has 62 valence electrons. The highest BCUT2D eigenvalue weighted by Gasteiger charge is 2.25. The van der Waals surface area contributed by atoms with Crippen LogP contribution in [0.3, 0.4) is 0 Å². The topological polar surface area (TPSA) is 29.1 Å². The zero-order valence-corrected chi connectivity index (χ0v) is 6.95. The summed E-state index contributed by atoms with van der Waals surface area (Å²) in [6.07, 6.45) is 0.961. The summed E-state index contributed by atoms with van der Waals surface area (Å²) in [4.78, 5) is 10.7. The van der Waals surface area contributed by atoms with Gasteiger partial charge >= 0.3 is 0 Å². The molecule has 0 amide bonds. The van der Waals surface area contributed by atoms with Crippen molar-refractivity contribution < 1.29 is 4.79 Å². The van der Waals surface area contributed by atoms with Crippen molar-refractivity contribution in [3.8, 4) is 0 Å². The Balaban J connectivity index is 2.49. The summed E-state index contributed by atoms with van der Waals surface area (Å²) in [5.41, 5.74) is 2.37. The third-order valence-electron chi connectivity index (χ3n) is 2.36. The maximum atomic E-state index is 10.7. The number of benzene rings is 1. The van der Waals surface area contributed by atoms with Gasteiger partial charge in [-0.25, -0.2) is 0 Å². The van der Waals surface area contributed by atoms with Crippen molar-refractivity contribution in [2.45, 2.75) is 19.0 Å². The molecule has 0 bridgehead atoms. The fourth-order valence-electron chi connectivity index (χ4n) is 1.75. The molecular weight excluding hydrogens is 150 g/mol. The summed E-state index contributed by atoms with van der Waals surface area (Å²) in [5.74, 6) is 0. The monoisotopic (exact) mass is 161 g/mol. The number of aldehydes is 1. The van der Waals surface area contributed by atoms with Gasteiger partial charge in [-0.2, -0.15) is 0 Å². The standard InChI is InChI=1S/C10H11NO/c1-7-8-4-2-3-5-9(8)10(6-12)11-7/h2-7,10-11H,1H3. The van der Waals surface area contributed by atoms with Crippen molar-refractivity contribution in [3.05, 3.63) is 35.4 Å². The molecule has 1 aliphatic rings. The van der Waals surface area contributed by atoms with Crippen LogP contribution in [0.5, 0.6) is 0 Å². The summed E-state index contributed by atoms with van der Waals surface area (Å²) in [6.45, 7) is 2.07. The number of carbonyl (C=O) groups excluding carboxylic acids is 1. The first kappa shape index (κ1) is 7.50. The molecule has 1 aromatic carbocycles. The lowest BCUT2D eigenvalue weighted by molar-refractivity contribution is -0.109.